The summed E-state index contributed by atoms with van der Waals surface area (Å²) in [4.78, 5) is 11.4. The van der Waals surface area contributed by atoms with Crippen LogP contribution >= 0.6 is 0 Å². The van der Waals surface area contributed by atoms with Crippen LogP contribution in [-0.4, -0.2) is 43.3 Å². The number of aryl methyl sites for hydroxylation is 2. The van der Waals surface area contributed by atoms with Crippen LogP contribution in [0.25, 0.3) is 0 Å². The summed E-state index contributed by atoms with van der Waals surface area (Å²) in [6.07, 6.45) is 0. The standard InChI is InChI=1S/C14H26N4O/c1-6-18(7-2)14-16-11(3)13(12(4)17-14)10-15-8-9-19-5/h15H,6-10H2,1-5H3. The van der Waals surface area contributed by atoms with Crippen LogP contribution in [-0.2, 0) is 11.3 Å². The van der Waals surface area contributed by atoms with Gasteiger partial charge in [0.15, 0.2) is 0 Å². The van der Waals surface area contributed by atoms with Crippen molar-refractivity contribution in [3.8, 4) is 0 Å². The van der Waals surface area contributed by atoms with E-state index in [4.69, 9.17) is 4.74 Å². The van der Waals surface area contributed by atoms with Gasteiger partial charge in [0.1, 0.15) is 0 Å². The summed E-state index contributed by atoms with van der Waals surface area (Å²) >= 11 is 0. The van der Waals surface area contributed by atoms with E-state index in [2.05, 4.69) is 47.9 Å². The molecule has 0 radical (unpaired) electrons. The smallest absolute Gasteiger partial charge is 0.225 e. The maximum absolute atomic E-state index is 5.02. The molecule has 0 saturated heterocycles. The first-order chi connectivity index (χ1) is 9.13. The van der Waals surface area contributed by atoms with Gasteiger partial charge in [-0.1, -0.05) is 0 Å². The van der Waals surface area contributed by atoms with Crippen LogP contribution in [0.3, 0.4) is 0 Å². The van der Waals surface area contributed by atoms with Gasteiger partial charge in [-0.05, 0) is 27.7 Å². The van der Waals surface area contributed by atoms with Crippen molar-refractivity contribution in [1.82, 2.24) is 15.3 Å². The van der Waals surface area contributed by atoms with Crippen molar-refractivity contribution < 1.29 is 4.74 Å². The van der Waals surface area contributed by atoms with E-state index >= 15 is 0 Å². The van der Waals surface area contributed by atoms with Gasteiger partial charge in [0, 0.05) is 50.2 Å². The summed E-state index contributed by atoms with van der Waals surface area (Å²) in [5, 5.41) is 3.34. The number of nitrogens with one attached hydrogen (secondary N) is 1. The third-order valence-corrected chi connectivity index (χ3v) is 3.24. The van der Waals surface area contributed by atoms with E-state index in [9.17, 15) is 0 Å². The van der Waals surface area contributed by atoms with Gasteiger partial charge in [-0.3, -0.25) is 0 Å². The average Bonchev–Trinajstić information content (AvgIpc) is 2.38. The highest BCUT2D eigenvalue weighted by Gasteiger charge is 2.11. The van der Waals surface area contributed by atoms with E-state index in [1.807, 2.05) is 0 Å². The lowest BCUT2D eigenvalue weighted by Crippen LogP contribution is -2.26. The molecule has 1 aromatic heterocycles. The number of anilines is 1. The molecule has 0 fully saturated rings. The zero-order chi connectivity index (χ0) is 14.3. The molecule has 1 aromatic rings. The van der Waals surface area contributed by atoms with Crippen LogP contribution in [0.4, 0.5) is 5.95 Å². The lowest BCUT2D eigenvalue weighted by molar-refractivity contribution is 0.199. The zero-order valence-corrected chi connectivity index (χ0v) is 12.8. The van der Waals surface area contributed by atoms with Crippen LogP contribution in [0, 0.1) is 13.8 Å². The highest BCUT2D eigenvalue weighted by Crippen LogP contribution is 2.15. The number of hydrogen-bond acceptors (Lipinski definition) is 5. The minimum Gasteiger partial charge on any atom is -0.383 e. The molecule has 0 bridgehead atoms. The normalized spacial score (nSPS) is 10.8. The lowest BCUT2D eigenvalue weighted by Gasteiger charge is -2.20. The Bertz CT molecular complexity index is 368. The van der Waals surface area contributed by atoms with Gasteiger partial charge in [-0.15, -0.1) is 0 Å². The Morgan fingerprint density at radius 1 is 1.11 bits per heavy atom. The minimum atomic E-state index is 0.719. The molecule has 0 amide bonds. The molecule has 0 atom stereocenters. The lowest BCUT2D eigenvalue weighted by atomic mass is 10.1. The summed E-state index contributed by atoms with van der Waals surface area (Å²) in [7, 11) is 1.71. The quantitative estimate of drug-likeness (QED) is 0.725. The van der Waals surface area contributed by atoms with Crippen molar-refractivity contribution in [1.29, 1.82) is 0 Å². The summed E-state index contributed by atoms with van der Waals surface area (Å²) in [6, 6.07) is 0. The maximum Gasteiger partial charge on any atom is 0.225 e. The molecule has 5 nitrogen and oxygen atoms in total. The van der Waals surface area contributed by atoms with Gasteiger partial charge in [0.2, 0.25) is 5.95 Å². The average molecular weight is 266 g/mol. The van der Waals surface area contributed by atoms with Crippen molar-refractivity contribution in [2.24, 2.45) is 0 Å². The Balaban J connectivity index is 2.79. The Morgan fingerprint density at radius 2 is 1.68 bits per heavy atom. The Hall–Kier alpha value is -1.20. The molecular formula is C14H26N4O. The molecule has 19 heavy (non-hydrogen) atoms. The largest absolute Gasteiger partial charge is 0.383 e. The van der Waals surface area contributed by atoms with Gasteiger partial charge in [0.25, 0.3) is 0 Å². The van der Waals surface area contributed by atoms with E-state index in [1.54, 1.807) is 7.11 Å². The second-order valence-electron chi connectivity index (χ2n) is 4.51. The number of methoxy groups -OCH3 is 1. The van der Waals surface area contributed by atoms with Gasteiger partial charge < -0.3 is 15.0 Å². The Morgan fingerprint density at radius 3 is 2.16 bits per heavy atom. The highest BCUT2D eigenvalue weighted by atomic mass is 16.5. The van der Waals surface area contributed by atoms with Crippen molar-refractivity contribution in [2.75, 3.05) is 38.3 Å². The van der Waals surface area contributed by atoms with Crippen molar-refractivity contribution in [2.45, 2.75) is 34.2 Å². The van der Waals surface area contributed by atoms with Crippen LogP contribution in [0.5, 0.6) is 0 Å². The Labute approximate surface area is 116 Å². The molecule has 0 saturated carbocycles. The Kier molecular flexibility index (Phi) is 6.73. The second kappa shape index (κ2) is 8.07. The monoisotopic (exact) mass is 266 g/mol. The van der Waals surface area contributed by atoms with Gasteiger partial charge >= 0.3 is 0 Å². The first kappa shape index (κ1) is 15.9. The highest BCUT2D eigenvalue weighted by molar-refractivity contribution is 5.36. The van der Waals surface area contributed by atoms with Crippen molar-refractivity contribution >= 4 is 5.95 Å². The van der Waals surface area contributed by atoms with E-state index in [0.717, 1.165) is 50.1 Å². The van der Waals surface area contributed by atoms with Gasteiger partial charge in [-0.25, -0.2) is 9.97 Å². The summed E-state index contributed by atoms with van der Waals surface area (Å²) < 4.78 is 5.02. The van der Waals surface area contributed by atoms with Crippen LogP contribution in [0.2, 0.25) is 0 Å². The molecule has 0 aliphatic rings. The summed E-state index contributed by atoms with van der Waals surface area (Å²) in [6.45, 7) is 12.6. The molecule has 0 aliphatic heterocycles. The molecular weight excluding hydrogens is 240 g/mol. The van der Waals surface area contributed by atoms with Crippen LogP contribution in [0.1, 0.15) is 30.8 Å². The van der Waals surface area contributed by atoms with E-state index in [0.29, 0.717) is 0 Å². The molecule has 0 spiro atoms. The molecule has 0 aliphatic carbocycles. The molecule has 0 unspecified atom stereocenters. The maximum atomic E-state index is 5.02. The van der Waals surface area contributed by atoms with Crippen LogP contribution in [0.15, 0.2) is 0 Å². The van der Waals surface area contributed by atoms with Gasteiger partial charge in [-0.2, -0.15) is 0 Å². The number of nitrogens with zero attached hydrogens (tertiary/aromatic N) is 3. The molecule has 5 heteroatoms. The van der Waals surface area contributed by atoms with Crippen molar-refractivity contribution in [3.05, 3.63) is 17.0 Å². The second-order valence-corrected chi connectivity index (χ2v) is 4.51. The fourth-order valence-corrected chi connectivity index (χ4v) is 2.01. The molecule has 1 heterocycles. The predicted molar refractivity (Wildman–Crippen MR) is 78.6 cm³/mol. The minimum absolute atomic E-state index is 0.719. The molecule has 1 rings (SSSR count). The summed E-state index contributed by atoms with van der Waals surface area (Å²) in [5.41, 5.74) is 3.30. The number of hydrogen-bond donors (Lipinski definition) is 1. The first-order valence-electron chi connectivity index (χ1n) is 6.92. The third kappa shape index (κ3) is 4.44. The number of ether oxygens (including phenoxy) is 1. The molecule has 1 N–H and O–H groups in total. The molecule has 108 valence electrons. The number of aromatic nitrogens is 2. The fraction of sp³-hybridized carbons (Fsp3) is 0.714. The molecule has 0 aromatic carbocycles. The predicted octanol–water partition coefficient (Wildman–Crippen LogP) is 1.68. The van der Waals surface area contributed by atoms with Gasteiger partial charge in [0.05, 0.1) is 6.61 Å². The van der Waals surface area contributed by atoms with E-state index < -0.39 is 0 Å². The first-order valence-corrected chi connectivity index (χ1v) is 6.92. The van der Waals surface area contributed by atoms with Crippen molar-refractivity contribution in [3.63, 3.8) is 0 Å². The zero-order valence-electron chi connectivity index (χ0n) is 12.8. The summed E-state index contributed by atoms with van der Waals surface area (Å²) in [5.74, 6) is 0.834. The SMILES string of the molecule is CCN(CC)c1nc(C)c(CNCCOC)c(C)n1. The third-order valence-electron chi connectivity index (χ3n) is 3.24. The van der Waals surface area contributed by atoms with E-state index in [-0.39, 0.29) is 0 Å². The topological polar surface area (TPSA) is 50.3 Å². The van der Waals surface area contributed by atoms with E-state index in [1.165, 1.54) is 5.56 Å². The fourth-order valence-electron chi connectivity index (χ4n) is 2.01. The van der Waals surface area contributed by atoms with Crippen LogP contribution < -0.4 is 10.2 Å². The number of rotatable bonds is 8.